The fourth-order valence-electron chi connectivity index (χ4n) is 0.670. The molecule has 0 heterocycles. The van der Waals surface area contributed by atoms with Crippen molar-refractivity contribution in [2.24, 2.45) is 0 Å². The predicted octanol–water partition coefficient (Wildman–Crippen LogP) is 2.17. The second-order valence-corrected chi connectivity index (χ2v) is 3.65. The first-order valence-electron chi connectivity index (χ1n) is 4.82. The SMILES string of the molecule is CCCOC(=O)C=C(Br)C(=O)OCCC. The standard InChI is InChI=1S/C10H15BrO4/c1-3-5-14-9(12)7-8(11)10(13)15-6-4-2/h7H,3-6H2,1-2H3. The minimum atomic E-state index is -0.551. The Morgan fingerprint density at radius 2 is 1.67 bits per heavy atom. The number of esters is 2. The first-order chi connectivity index (χ1) is 7.11. The predicted molar refractivity (Wildman–Crippen MR) is 59.5 cm³/mol. The molecular weight excluding hydrogens is 264 g/mol. The van der Waals surface area contributed by atoms with E-state index >= 15 is 0 Å². The molecular formula is C10H15BrO4. The van der Waals surface area contributed by atoms with E-state index in [1.807, 2.05) is 13.8 Å². The molecule has 0 fully saturated rings. The molecule has 0 saturated carbocycles. The van der Waals surface area contributed by atoms with Gasteiger partial charge in [0.05, 0.1) is 13.2 Å². The third-order valence-corrected chi connectivity index (χ3v) is 1.88. The fraction of sp³-hybridized carbons (Fsp3) is 0.600. The summed E-state index contributed by atoms with van der Waals surface area (Å²) in [6, 6.07) is 0. The zero-order valence-corrected chi connectivity index (χ0v) is 10.5. The van der Waals surface area contributed by atoms with Crippen molar-refractivity contribution in [2.75, 3.05) is 13.2 Å². The summed E-state index contributed by atoms with van der Waals surface area (Å²) in [5, 5.41) is 0. The van der Waals surface area contributed by atoms with Crippen LogP contribution in [-0.2, 0) is 19.1 Å². The summed E-state index contributed by atoms with van der Waals surface area (Å²) in [5.74, 6) is -1.09. The maximum Gasteiger partial charge on any atom is 0.345 e. The normalized spacial score (nSPS) is 11.0. The molecule has 5 heteroatoms. The van der Waals surface area contributed by atoms with Crippen molar-refractivity contribution in [1.82, 2.24) is 0 Å². The molecule has 0 rings (SSSR count). The Bertz CT molecular complexity index is 248. The van der Waals surface area contributed by atoms with Crippen LogP contribution < -0.4 is 0 Å². The van der Waals surface area contributed by atoms with Gasteiger partial charge in [-0.25, -0.2) is 9.59 Å². The van der Waals surface area contributed by atoms with E-state index in [0.717, 1.165) is 18.9 Å². The highest BCUT2D eigenvalue weighted by Gasteiger charge is 2.09. The molecule has 0 aliphatic rings. The van der Waals surface area contributed by atoms with Gasteiger partial charge in [-0.1, -0.05) is 13.8 Å². The molecule has 0 atom stereocenters. The molecule has 0 unspecified atom stereocenters. The van der Waals surface area contributed by atoms with Crippen LogP contribution in [0.4, 0.5) is 0 Å². The Labute approximate surface area is 97.8 Å². The maximum absolute atomic E-state index is 11.2. The van der Waals surface area contributed by atoms with E-state index in [-0.39, 0.29) is 4.48 Å². The van der Waals surface area contributed by atoms with Crippen LogP contribution in [0.1, 0.15) is 26.7 Å². The molecule has 86 valence electrons. The Hall–Kier alpha value is -0.840. The van der Waals surface area contributed by atoms with Gasteiger partial charge in [-0.3, -0.25) is 0 Å². The molecule has 4 nitrogen and oxygen atoms in total. The number of ether oxygens (including phenoxy) is 2. The van der Waals surface area contributed by atoms with Crippen LogP contribution in [0, 0.1) is 0 Å². The molecule has 0 saturated heterocycles. The van der Waals surface area contributed by atoms with Gasteiger partial charge in [-0.15, -0.1) is 0 Å². The van der Waals surface area contributed by atoms with E-state index in [1.165, 1.54) is 0 Å². The number of hydrogen-bond acceptors (Lipinski definition) is 4. The Morgan fingerprint density at radius 3 is 2.20 bits per heavy atom. The highest BCUT2D eigenvalue weighted by atomic mass is 79.9. The van der Waals surface area contributed by atoms with Crippen LogP contribution in [0.25, 0.3) is 0 Å². The lowest BCUT2D eigenvalue weighted by Crippen LogP contribution is -2.08. The summed E-state index contributed by atoms with van der Waals surface area (Å²) < 4.78 is 9.64. The van der Waals surface area contributed by atoms with E-state index in [9.17, 15) is 9.59 Å². The van der Waals surface area contributed by atoms with Crippen molar-refractivity contribution in [3.63, 3.8) is 0 Å². The second-order valence-electron chi connectivity index (χ2n) is 2.80. The second kappa shape index (κ2) is 8.47. The smallest absolute Gasteiger partial charge is 0.345 e. The van der Waals surface area contributed by atoms with Gasteiger partial charge >= 0.3 is 11.9 Å². The fourth-order valence-corrected chi connectivity index (χ4v) is 0.972. The molecule has 0 aliphatic heterocycles. The lowest BCUT2D eigenvalue weighted by Gasteiger charge is -2.02. The van der Waals surface area contributed by atoms with E-state index in [0.29, 0.717) is 13.2 Å². The number of hydrogen-bond donors (Lipinski definition) is 0. The number of carbonyl (C=O) groups is 2. The van der Waals surface area contributed by atoms with Gasteiger partial charge in [0.15, 0.2) is 0 Å². The average molecular weight is 279 g/mol. The van der Waals surface area contributed by atoms with Gasteiger partial charge in [-0.05, 0) is 28.8 Å². The Balaban J connectivity index is 4.05. The summed E-state index contributed by atoms with van der Waals surface area (Å²) in [6.45, 7) is 4.47. The zero-order chi connectivity index (χ0) is 11.7. The third-order valence-electron chi connectivity index (χ3n) is 1.33. The van der Waals surface area contributed by atoms with E-state index in [2.05, 4.69) is 15.9 Å². The first-order valence-corrected chi connectivity index (χ1v) is 5.62. The van der Waals surface area contributed by atoms with E-state index < -0.39 is 11.9 Å². The highest BCUT2D eigenvalue weighted by Crippen LogP contribution is 2.08. The Morgan fingerprint density at radius 1 is 1.13 bits per heavy atom. The highest BCUT2D eigenvalue weighted by molar-refractivity contribution is 9.12. The van der Waals surface area contributed by atoms with Crippen LogP contribution in [0.15, 0.2) is 10.6 Å². The minimum absolute atomic E-state index is 0.0806. The van der Waals surface area contributed by atoms with Crippen LogP contribution in [-0.4, -0.2) is 25.2 Å². The van der Waals surface area contributed by atoms with Gasteiger partial charge in [0, 0.05) is 6.08 Å². The van der Waals surface area contributed by atoms with Crippen LogP contribution in [0.3, 0.4) is 0 Å². The first kappa shape index (κ1) is 14.2. The van der Waals surface area contributed by atoms with E-state index in [1.54, 1.807) is 0 Å². The zero-order valence-electron chi connectivity index (χ0n) is 8.92. The van der Waals surface area contributed by atoms with Crippen molar-refractivity contribution < 1.29 is 19.1 Å². The molecule has 0 radical (unpaired) electrons. The van der Waals surface area contributed by atoms with Crippen molar-refractivity contribution in [3.8, 4) is 0 Å². The van der Waals surface area contributed by atoms with Crippen molar-refractivity contribution in [3.05, 3.63) is 10.6 Å². The number of halogens is 1. The van der Waals surface area contributed by atoms with Gasteiger partial charge in [0.25, 0.3) is 0 Å². The van der Waals surface area contributed by atoms with Crippen molar-refractivity contribution in [1.29, 1.82) is 0 Å². The largest absolute Gasteiger partial charge is 0.463 e. The summed E-state index contributed by atoms with van der Waals surface area (Å²) >= 11 is 2.95. The quantitative estimate of drug-likeness (QED) is 0.552. The molecule has 0 bridgehead atoms. The van der Waals surface area contributed by atoms with Gasteiger partial charge in [0.1, 0.15) is 4.48 Å². The minimum Gasteiger partial charge on any atom is -0.463 e. The lowest BCUT2D eigenvalue weighted by molar-refractivity contribution is -0.140. The monoisotopic (exact) mass is 278 g/mol. The maximum atomic E-state index is 11.2. The Kier molecular flexibility index (Phi) is 7.99. The van der Waals surface area contributed by atoms with Crippen molar-refractivity contribution >= 4 is 27.9 Å². The van der Waals surface area contributed by atoms with Crippen LogP contribution in [0.2, 0.25) is 0 Å². The third kappa shape index (κ3) is 7.13. The number of rotatable bonds is 6. The molecule has 15 heavy (non-hydrogen) atoms. The summed E-state index contributed by atoms with van der Waals surface area (Å²) in [7, 11) is 0. The molecule has 0 amide bonds. The summed E-state index contributed by atoms with van der Waals surface area (Å²) in [4.78, 5) is 22.2. The van der Waals surface area contributed by atoms with Crippen molar-refractivity contribution in [2.45, 2.75) is 26.7 Å². The summed E-state index contributed by atoms with van der Waals surface area (Å²) in [5.41, 5.74) is 0. The molecule has 0 N–H and O–H groups in total. The molecule has 0 aromatic carbocycles. The molecule has 0 aromatic heterocycles. The molecule has 0 aliphatic carbocycles. The lowest BCUT2D eigenvalue weighted by atomic mass is 10.5. The van der Waals surface area contributed by atoms with Gasteiger partial charge in [-0.2, -0.15) is 0 Å². The van der Waals surface area contributed by atoms with E-state index in [4.69, 9.17) is 9.47 Å². The van der Waals surface area contributed by atoms with Crippen LogP contribution >= 0.6 is 15.9 Å². The molecule has 0 aromatic rings. The molecule has 0 spiro atoms. The van der Waals surface area contributed by atoms with Gasteiger partial charge in [0.2, 0.25) is 0 Å². The summed E-state index contributed by atoms with van der Waals surface area (Å²) in [6.07, 6.45) is 2.57. The van der Waals surface area contributed by atoms with Crippen LogP contribution in [0.5, 0.6) is 0 Å². The topological polar surface area (TPSA) is 52.6 Å². The average Bonchev–Trinajstić information content (AvgIpc) is 2.22. The number of carbonyl (C=O) groups excluding carboxylic acids is 2. The van der Waals surface area contributed by atoms with Gasteiger partial charge < -0.3 is 9.47 Å².